The fourth-order valence-electron chi connectivity index (χ4n) is 2.71. The summed E-state index contributed by atoms with van der Waals surface area (Å²) in [6.07, 6.45) is -2.93. The summed E-state index contributed by atoms with van der Waals surface area (Å²) in [5.41, 5.74) is 5.51. The van der Waals surface area contributed by atoms with E-state index in [0.717, 1.165) is 25.0 Å². The van der Waals surface area contributed by atoms with Crippen LogP contribution in [-0.4, -0.2) is 29.4 Å². The maximum Gasteiger partial charge on any atom is 0.416 e. The summed E-state index contributed by atoms with van der Waals surface area (Å²) >= 11 is 0. The van der Waals surface area contributed by atoms with E-state index in [-0.39, 0.29) is 24.4 Å². The van der Waals surface area contributed by atoms with Crippen LogP contribution in [0.3, 0.4) is 0 Å². The molecule has 0 bridgehead atoms. The number of likely N-dealkylation sites (tertiary alicyclic amines) is 1. The Morgan fingerprint density at radius 2 is 2.14 bits per heavy atom. The number of alkyl halides is 3. The molecule has 1 aromatic rings. The van der Waals surface area contributed by atoms with Crippen molar-refractivity contribution in [2.45, 2.75) is 44.4 Å². The number of hydrogen-bond acceptors (Lipinski definition) is 2. The van der Waals surface area contributed by atoms with Crippen LogP contribution in [0.4, 0.5) is 13.2 Å². The molecule has 0 saturated carbocycles. The third kappa shape index (κ3) is 3.97. The third-order valence-electron chi connectivity index (χ3n) is 3.85. The SMILES string of the molecule is C[C@@H]1C[C@@H](N)CCN1C(=O)Cc1cccc(C(F)(F)F)c1. The van der Waals surface area contributed by atoms with E-state index in [9.17, 15) is 18.0 Å². The average molecular weight is 300 g/mol. The molecule has 116 valence electrons. The van der Waals surface area contributed by atoms with Crippen LogP contribution < -0.4 is 5.73 Å². The van der Waals surface area contributed by atoms with Crippen LogP contribution in [0.1, 0.15) is 30.9 Å². The van der Waals surface area contributed by atoms with Crippen molar-refractivity contribution in [3.8, 4) is 0 Å². The second-order valence-corrected chi connectivity index (χ2v) is 5.60. The molecule has 1 fully saturated rings. The van der Waals surface area contributed by atoms with Crippen LogP contribution in [0.15, 0.2) is 24.3 Å². The molecule has 1 aliphatic rings. The fraction of sp³-hybridized carbons (Fsp3) is 0.533. The first-order valence-corrected chi connectivity index (χ1v) is 6.98. The van der Waals surface area contributed by atoms with Crippen LogP contribution in [0.2, 0.25) is 0 Å². The minimum atomic E-state index is -4.38. The van der Waals surface area contributed by atoms with Gasteiger partial charge in [-0.1, -0.05) is 18.2 Å². The molecule has 1 aliphatic heterocycles. The van der Waals surface area contributed by atoms with Crippen molar-refractivity contribution in [2.24, 2.45) is 5.73 Å². The van der Waals surface area contributed by atoms with E-state index >= 15 is 0 Å². The van der Waals surface area contributed by atoms with E-state index in [4.69, 9.17) is 5.73 Å². The summed E-state index contributed by atoms with van der Waals surface area (Å²) in [6.45, 7) is 2.49. The molecule has 0 aliphatic carbocycles. The molecule has 1 saturated heterocycles. The Bertz CT molecular complexity index is 516. The monoisotopic (exact) mass is 300 g/mol. The molecule has 2 atom stereocenters. The molecule has 3 nitrogen and oxygen atoms in total. The molecular weight excluding hydrogens is 281 g/mol. The molecule has 0 radical (unpaired) electrons. The molecule has 21 heavy (non-hydrogen) atoms. The first kappa shape index (κ1) is 15.8. The molecule has 1 aromatic carbocycles. The minimum Gasteiger partial charge on any atom is -0.340 e. The van der Waals surface area contributed by atoms with Gasteiger partial charge in [-0.3, -0.25) is 4.79 Å². The van der Waals surface area contributed by atoms with E-state index < -0.39 is 11.7 Å². The number of piperidine rings is 1. The molecule has 1 amide bonds. The quantitative estimate of drug-likeness (QED) is 0.912. The minimum absolute atomic E-state index is 0.0104. The third-order valence-corrected chi connectivity index (χ3v) is 3.85. The van der Waals surface area contributed by atoms with Crippen LogP contribution in [0, 0.1) is 0 Å². The molecular formula is C15H19F3N2O. The zero-order valence-electron chi connectivity index (χ0n) is 11.9. The first-order valence-electron chi connectivity index (χ1n) is 6.98. The van der Waals surface area contributed by atoms with Gasteiger partial charge in [-0.05, 0) is 31.4 Å². The standard InChI is InChI=1S/C15H19F3N2O/c1-10-7-13(19)5-6-20(10)14(21)9-11-3-2-4-12(8-11)15(16,17)18/h2-4,8,10,13H,5-7,9,19H2,1H3/t10-,13+/m1/s1. The second kappa shape index (κ2) is 6.05. The Morgan fingerprint density at radius 3 is 2.76 bits per heavy atom. The second-order valence-electron chi connectivity index (χ2n) is 5.60. The number of nitrogens with two attached hydrogens (primary N) is 1. The van der Waals surface area contributed by atoms with Crippen molar-refractivity contribution in [2.75, 3.05) is 6.54 Å². The summed E-state index contributed by atoms with van der Waals surface area (Å²) in [7, 11) is 0. The highest BCUT2D eigenvalue weighted by molar-refractivity contribution is 5.79. The number of amides is 1. The highest BCUT2D eigenvalue weighted by Crippen LogP contribution is 2.29. The molecule has 0 unspecified atom stereocenters. The van der Waals surface area contributed by atoms with E-state index in [1.54, 1.807) is 11.0 Å². The largest absolute Gasteiger partial charge is 0.416 e. The van der Waals surface area contributed by atoms with Crippen LogP contribution in [-0.2, 0) is 17.4 Å². The number of halogens is 3. The van der Waals surface area contributed by atoms with Crippen molar-refractivity contribution >= 4 is 5.91 Å². The van der Waals surface area contributed by atoms with E-state index in [2.05, 4.69) is 0 Å². The Kier molecular flexibility index (Phi) is 4.56. The Hall–Kier alpha value is -1.56. The van der Waals surface area contributed by atoms with Gasteiger partial charge in [0.25, 0.3) is 0 Å². The zero-order chi connectivity index (χ0) is 15.6. The predicted molar refractivity (Wildman–Crippen MR) is 73.5 cm³/mol. The van der Waals surface area contributed by atoms with Gasteiger partial charge in [-0.2, -0.15) is 13.2 Å². The van der Waals surface area contributed by atoms with Gasteiger partial charge in [-0.25, -0.2) is 0 Å². The number of nitrogens with zero attached hydrogens (tertiary/aromatic N) is 1. The molecule has 2 rings (SSSR count). The Labute approximate surface area is 121 Å². The average Bonchev–Trinajstić information content (AvgIpc) is 2.37. The lowest BCUT2D eigenvalue weighted by Gasteiger charge is -2.36. The van der Waals surface area contributed by atoms with E-state index in [1.807, 2.05) is 6.92 Å². The Morgan fingerprint density at radius 1 is 1.43 bits per heavy atom. The van der Waals surface area contributed by atoms with Gasteiger partial charge in [0.15, 0.2) is 0 Å². The summed E-state index contributed by atoms with van der Waals surface area (Å²) < 4.78 is 38.0. The van der Waals surface area contributed by atoms with Crippen molar-refractivity contribution in [3.05, 3.63) is 35.4 Å². The van der Waals surface area contributed by atoms with Crippen LogP contribution in [0.5, 0.6) is 0 Å². The predicted octanol–water partition coefficient (Wildman–Crippen LogP) is 2.59. The normalized spacial score (nSPS) is 23.2. The van der Waals surface area contributed by atoms with Gasteiger partial charge in [0.2, 0.25) is 5.91 Å². The smallest absolute Gasteiger partial charge is 0.340 e. The van der Waals surface area contributed by atoms with Crippen molar-refractivity contribution < 1.29 is 18.0 Å². The molecule has 1 heterocycles. The van der Waals surface area contributed by atoms with Crippen molar-refractivity contribution in [1.29, 1.82) is 0 Å². The topological polar surface area (TPSA) is 46.3 Å². The van der Waals surface area contributed by atoms with Gasteiger partial charge in [0.1, 0.15) is 0 Å². The van der Waals surface area contributed by atoms with Gasteiger partial charge in [-0.15, -0.1) is 0 Å². The lowest BCUT2D eigenvalue weighted by molar-refractivity contribution is -0.138. The number of carbonyl (C=O) groups is 1. The number of benzene rings is 1. The number of carbonyl (C=O) groups excluding carboxylic acids is 1. The van der Waals surface area contributed by atoms with Gasteiger partial charge in [0, 0.05) is 18.6 Å². The van der Waals surface area contributed by atoms with Crippen LogP contribution >= 0.6 is 0 Å². The summed E-state index contributed by atoms with van der Waals surface area (Å²) in [4.78, 5) is 14.0. The number of rotatable bonds is 2. The summed E-state index contributed by atoms with van der Waals surface area (Å²) in [5, 5.41) is 0. The molecule has 2 N–H and O–H groups in total. The lowest BCUT2D eigenvalue weighted by atomic mass is 9.98. The molecule has 6 heteroatoms. The maximum atomic E-state index is 12.7. The van der Waals surface area contributed by atoms with Crippen molar-refractivity contribution in [3.63, 3.8) is 0 Å². The summed E-state index contributed by atoms with van der Waals surface area (Å²) in [6, 6.07) is 5.06. The first-order chi connectivity index (χ1) is 9.77. The zero-order valence-corrected chi connectivity index (χ0v) is 11.9. The molecule has 0 spiro atoms. The van der Waals surface area contributed by atoms with Gasteiger partial charge < -0.3 is 10.6 Å². The van der Waals surface area contributed by atoms with Gasteiger partial charge >= 0.3 is 6.18 Å². The highest BCUT2D eigenvalue weighted by Gasteiger charge is 2.31. The van der Waals surface area contributed by atoms with Crippen molar-refractivity contribution in [1.82, 2.24) is 4.90 Å². The van der Waals surface area contributed by atoms with E-state index in [0.29, 0.717) is 12.1 Å². The lowest BCUT2D eigenvalue weighted by Crippen LogP contribution is -2.48. The highest BCUT2D eigenvalue weighted by atomic mass is 19.4. The van der Waals surface area contributed by atoms with Gasteiger partial charge in [0.05, 0.1) is 12.0 Å². The van der Waals surface area contributed by atoms with E-state index in [1.165, 1.54) is 6.07 Å². The number of hydrogen-bond donors (Lipinski definition) is 1. The summed E-state index contributed by atoms with van der Waals surface area (Å²) in [5.74, 6) is -0.145. The molecule has 0 aromatic heterocycles. The fourth-order valence-corrected chi connectivity index (χ4v) is 2.71. The maximum absolute atomic E-state index is 12.7. The Balaban J connectivity index is 2.06. The van der Waals surface area contributed by atoms with Crippen LogP contribution in [0.25, 0.3) is 0 Å².